The van der Waals surface area contributed by atoms with Gasteiger partial charge in [0, 0.05) is 4.90 Å². The molecule has 1 unspecified atom stereocenters. The third kappa shape index (κ3) is 3.85. The number of hydrogen-bond acceptors (Lipinski definition) is 3. The molecular formula is C16H24N2S. The maximum atomic E-state index is 5.85. The van der Waals surface area contributed by atoms with Gasteiger partial charge < -0.3 is 0 Å². The predicted molar refractivity (Wildman–Crippen MR) is 84.1 cm³/mol. The Balaban J connectivity index is 2.27. The number of nitrogens with two attached hydrogens (primary N) is 1. The van der Waals surface area contributed by atoms with Gasteiger partial charge in [-0.1, -0.05) is 42.7 Å². The van der Waals surface area contributed by atoms with Crippen LogP contribution >= 0.6 is 11.8 Å². The van der Waals surface area contributed by atoms with E-state index in [1.54, 1.807) is 11.8 Å². The van der Waals surface area contributed by atoms with Gasteiger partial charge in [0.05, 0.1) is 6.04 Å². The van der Waals surface area contributed by atoms with Gasteiger partial charge >= 0.3 is 0 Å². The topological polar surface area (TPSA) is 38.0 Å². The highest BCUT2D eigenvalue weighted by molar-refractivity contribution is 7.98. The van der Waals surface area contributed by atoms with Gasteiger partial charge in [0.1, 0.15) is 0 Å². The Kier molecular flexibility index (Phi) is 5.95. The van der Waals surface area contributed by atoms with Crippen molar-refractivity contribution in [3.8, 4) is 0 Å². The molecule has 0 amide bonds. The molecule has 1 aliphatic carbocycles. The van der Waals surface area contributed by atoms with E-state index in [2.05, 4.69) is 42.0 Å². The van der Waals surface area contributed by atoms with E-state index in [0.29, 0.717) is 0 Å². The van der Waals surface area contributed by atoms with Gasteiger partial charge in [-0.15, -0.1) is 11.8 Å². The fourth-order valence-electron chi connectivity index (χ4n) is 2.78. The van der Waals surface area contributed by atoms with Crippen LogP contribution in [0, 0.1) is 0 Å². The lowest BCUT2D eigenvalue weighted by Gasteiger charge is -2.23. The summed E-state index contributed by atoms with van der Waals surface area (Å²) in [6.07, 6.45) is 12.2. The van der Waals surface area contributed by atoms with E-state index in [0.717, 1.165) is 6.42 Å². The molecule has 0 radical (unpaired) electrons. The van der Waals surface area contributed by atoms with E-state index in [4.69, 9.17) is 5.84 Å². The first-order chi connectivity index (χ1) is 9.36. The summed E-state index contributed by atoms with van der Waals surface area (Å²) in [4.78, 5) is 1.31. The Morgan fingerprint density at radius 3 is 2.74 bits per heavy atom. The minimum atomic E-state index is 0.168. The quantitative estimate of drug-likeness (QED) is 0.375. The number of allylic oxidation sites excluding steroid dienone is 1. The summed E-state index contributed by atoms with van der Waals surface area (Å²) >= 11 is 1.79. The van der Waals surface area contributed by atoms with Crippen LogP contribution in [0.25, 0.3) is 0 Å². The Bertz CT molecular complexity index is 429. The number of hydrogen-bond donors (Lipinski definition) is 2. The first-order valence-corrected chi connectivity index (χ1v) is 8.37. The molecule has 2 rings (SSSR count). The second-order valence-electron chi connectivity index (χ2n) is 5.07. The molecule has 0 bridgehead atoms. The summed E-state index contributed by atoms with van der Waals surface area (Å²) in [6.45, 7) is 0. The second kappa shape index (κ2) is 7.73. The summed E-state index contributed by atoms with van der Waals surface area (Å²) in [7, 11) is 0. The average molecular weight is 276 g/mol. The van der Waals surface area contributed by atoms with Crippen molar-refractivity contribution in [3.63, 3.8) is 0 Å². The first-order valence-electron chi connectivity index (χ1n) is 7.14. The number of nitrogens with one attached hydrogen (secondary N) is 1. The molecule has 19 heavy (non-hydrogen) atoms. The molecule has 104 valence electrons. The number of rotatable bonds is 4. The highest BCUT2D eigenvalue weighted by Crippen LogP contribution is 2.33. The van der Waals surface area contributed by atoms with Crippen molar-refractivity contribution in [2.24, 2.45) is 5.84 Å². The third-order valence-electron chi connectivity index (χ3n) is 3.81. The molecule has 0 fully saturated rings. The van der Waals surface area contributed by atoms with Crippen LogP contribution in [0.2, 0.25) is 0 Å². The second-order valence-corrected chi connectivity index (χ2v) is 5.92. The van der Waals surface area contributed by atoms with E-state index in [1.165, 1.54) is 48.1 Å². The molecular weight excluding hydrogens is 252 g/mol. The molecule has 0 aliphatic heterocycles. The largest absolute Gasteiger partial charge is 0.271 e. The molecule has 0 saturated heterocycles. The van der Waals surface area contributed by atoms with Crippen LogP contribution in [0.5, 0.6) is 0 Å². The zero-order valence-corrected chi connectivity index (χ0v) is 12.5. The normalized spacial score (nSPS) is 21.1. The highest BCUT2D eigenvalue weighted by Gasteiger charge is 2.18. The minimum absolute atomic E-state index is 0.168. The maximum Gasteiger partial charge on any atom is 0.0680 e. The summed E-state index contributed by atoms with van der Waals surface area (Å²) in [5.74, 6) is 5.85. The molecule has 1 aromatic rings. The first kappa shape index (κ1) is 14.6. The summed E-state index contributed by atoms with van der Waals surface area (Å²) in [5.41, 5.74) is 5.80. The van der Waals surface area contributed by atoms with Crippen molar-refractivity contribution in [1.29, 1.82) is 0 Å². The number of benzene rings is 1. The SMILES string of the molecule is CSc1ccccc1C(NN)/C1=C/CCCCCC1. The van der Waals surface area contributed by atoms with Crippen LogP contribution in [-0.4, -0.2) is 6.26 Å². The number of hydrazine groups is 1. The average Bonchev–Trinajstić information content (AvgIpc) is 2.42. The molecule has 0 spiro atoms. The van der Waals surface area contributed by atoms with E-state index in [1.807, 2.05) is 0 Å². The zero-order valence-electron chi connectivity index (χ0n) is 11.7. The lowest BCUT2D eigenvalue weighted by atomic mass is 9.91. The van der Waals surface area contributed by atoms with E-state index < -0.39 is 0 Å². The standard InChI is InChI=1S/C16H24N2S/c1-19-15-12-8-7-11-14(15)16(18-17)13-9-5-3-2-4-6-10-13/h7-9,11-12,16,18H,2-6,10,17H2,1H3/b13-9+. The lowest BCUT2D eigenvalue weighted by molar-refractivity contribution is 0.551. The number of thioether (sulfide) groups is 1. The van der Waals surface area contributed by atoms with E-state index in [-0.39, 0.29) is 6.04 Å². The van der Waals surface area contributed by atoms with Crippen molar-refractivity contribution in [1.82, 2.24) is 5.43 Å². The van der Waals surface area contributed by atoms with Crippen molar-refractivity contribution in [2.45, 2.75) is 49.5 Å². The van der Waals surface area contributed by atoms with Crippen LogP contribution in [0.4, 0.5) is 0 Å². The summed E-state index contributed by atoms with van der Waals surface area (Å²) in [5, 5.41) is 0. The zero-order chi connectivity index (χ0) is 13.5. The van der Waals surface area contributed by atoms with Crippen molar-refractivity contribution < 1.29 is 0 Å². The molecule has 1 atom stereocenters. The van der Waals surface area contributed by atoms with E-state index in [9.17, 15) is 0 Å². The summed E-state index contributed by atoms with van der Waals surface area (Å²) < 4.78 is 0. The molecule has 0 saturated carbocycles. The van der Waals surface area contributed by atoms with Crippen molar-refractivity contribution in [2.75, 3.05) is 6.26 Å². The Hall–Kier alpha value is -0.770. The highest BCUT2D eigenvalue weighted by atomic mass is 32.2. The van der Waals surface area contributed by atoms with Crippen LogP contribution in [0.15, 0.2) is 40.8 Å². The van der Waals surface area contributed by atoms with Crippen LogP contribution in [0.1, 0.15) is 50.1 Å². The summed E-state index contributed by atoms with van der Waals surface area (Å²) in [6, 6.07) is 8.73. The smallest absolute Gasteiger partial charge is 0.0680 e. The Morgan fingerprint density at radius 1 is 1.16 bits per heavy atom. The monoisotopic (exact) mass is 276 g/mol. The third-order valence-corrected chi connectivity index (χ3v) is 4.63. The molecule has 0 aromatic heterocycles. The van der Waals surface area contributed by atoms with Gasteiger partial charge in [0.15, 0.2) is 0 Å². The fourth-order valence-corrected chi connectivity index (χ4v) is 3.42. The van der Waals surface area contributed by atoms with Crippen LogP contribution < -0.4 is 11.3 Å². The Labute approximate surface area is 120 Å². The van der Waals surface area contributed by atoms with Gasteiger partial charge in [-0.25, -0.2) is 5.43 Å². The fraction of sp³-hybridized carbons (Fsp3) is 0.500. The maximum absolute atomic E-state index is 5.85. The van der Waals surface area contributed by atoms with Gasteiger partial charge in [-0.2, -0.15) is 0 Å². The molecule has 1 aliphatic rings. The van der Waals surface area contributed by atoms with Crippen LogP contribution in [0.3, 0.4) is 0 Å². The van der Waals surface area contributed by atoms with Crippen LogP contribution in [-0.2, 0) is 0 Å². The van der Waals surface area contributed by atoms with Gasteiger partial charge in [-0.05, 0) is 43.6 Å². The molecule has 0 heterocycles. The molecule has 3 N–H and O–H groups in total. The predicted octanol–water partition coefficient (Wildman–Crippen LogP) is 4.19. The van der Waals surface area contributed by atoms with E-state index >= 15 is 0 Å². The minimum Gasteiger partial charge on any atom is -0.271 e. The van der Waals surface area contributed by atoms with Crippen molar-refractivity contribution >= 4 is 11.8 Å². The Morgan fingerprint density at radius 2 is 1.95 bits per heavy atom. The lowest BCUT2D eigenvalue weighted by Crippen LogP contribution is -2.30. The van der Waals surface area contributed by atoms with Gasteiger partial charge in [0.2, 0.25) is 0 Å². The molecule has 3 heteroatoms. The van der Waals surface area contributed by atoms with Gasteiger partial charge in [-0.3, -0.25) is 5.84 Å². The van der Waals surface area contributed by atoms with Crippen molar-refractivity contribution in [3.05, 3.63) is 41.5 Å². The van der Waals surface area contributed by atoms with Gasteiger partial charge in [0.25, 0.3) is 0 Å². The molecule has 1 aromatic carbocycles. The molecule has 2 nitrogen and oxygen atoms in total.